The summed E-state index contributed by atoms with van der Waals surface area (Å²) in [4.78, 5) is 2.68. The van der Waals surface area contributed by atoms with Gasteiger partial charge in [-0.1, -0.05) is 45.8 Å². The average molecular weight is 252 g/mol. The summed E-state index contributed by atoms with van der Waals surface area (Å²) in [5, 5.41) is 3.74. The molecule has 1 heterocycles. The van der Waals surface area contributed by atoms with Crippen molar-refractivity contribution in [3.63, 3.8) is 0 Å². The second-order valence-corrected chi connectivity index (χ2v) is 6.45. The van der Waals surface area contributed by atoms with E-state index in [1.54, 1.807) is 0 Å². The third kappa shape index (κ3) is 4.40. The van der Waals surface area contributed by atoms with Crippen molar-refractivity contribution < 1.29 is 0 Å². The zero-order chi connectivity index (χ0) is 13.7. The Hall–Kier alpha value is -0.340. The second-order valence-electron chi connectivity index (χ2n) is 6.45. The monoisotopic (exact) mass is 252 g/mol. The minimum absolute atomic E-state index is 0.649. The van der Waals surface area contributed by atoms with Crippen molar-refractivity contribution >= 4 is 0 Å². The number of piperazine rings is 1. The first kappa shape index (κ1) is 15.7. The van der Waals surface area contributed by atoms with Crippen molar-refractivity contribution in [1.29, 1.82) is 0 Å². The lowest BCUT2D eigenvalue weighted by atomic mass is 9.92. The molecule has 0 aliphatic carbocycles. The van der Waals surface area contributed by atoms with E-state index in [4.69, 9.17) is 0 Å². The molecule has 0 radical (unpaired) electrons. The molecule has 106 valence electrons. The fraction of sp³-hybridized carbons (Fsp3) is 0.875. The van der Waals surface area contributed by atoms with Gasteiger partial charge in [-0.3, -0.25) is 4.90 Å². The molecule has 2 heteroatoms. The molecular formula is C16H32N2. The van der Waals surface area contributed by atoms with Gasteiger partial charge in [0, 0.05) is 31.7 Å². The lowest BCUT2D eigenvalue weighted by Crippen LogP contribution is -2.59. The molecule has 1 rings (SSSR count). The van der Waals surface area contributed by atoms with E-state index in [9.17, 15) is 0 Å². The fourth-order valence-electron chi connectivity index (χ4n) is 2.64. The van der Waals surface area contributed by atoms with E-state index in [1.165, 1.54) is 18.5 Å². The summed E-state index contributed by atoms with van der Waals surface area (Å²) in [7, 11) is 0. The van der Waals surface area contributed by atoms with E-state index in [1.807, 2.05) is 0 Å². The Bertz CT molecular complexity index is 266. The lowest BCUT2D eigenvalue weighted by Gasteiger charge is -2.44. The molecule has 0 saturated carbocycles. The zero-order valence-corrected chi connectivity index (χ0v) is 13.2. The third-order valence-corrected chi connectivity index (χ3v) is 4.33. The third-order valence-electron chi connectivity index (χ3n) is 4.33. The molecule has 0 aromatic rings. The zero-order valence-electron chi connectivity index (χ0n) is 13.2. The molecule has 3 unspecified atom stereocenters. The van der Waals surface area contributed by atoms with Crippen LogP contribution in [0.2, 0.25) is 0 Å². The first-order chi connectivity index (χ1) is 8.45. The van der Waals surface area contributed by atoms with Crippen molar-refractivity contribution in [2.75, 3.05) is 19.6 Å². The molecule has 18 heavy (non-hydrogen) atoms. The Morgan fingerprint density at radius 1 is 1.33 bits per heavy atom. The Morgan fingerprint density at radius 2 is 2.00 bits per heavy atom. The first-order valence-corrected chi connectivity index (χ1v) is 7.56. The van der Waals surface area contributed by atoms with E-state index < -0.39 is 0 Å². The van der Waals surface area contributed by atoms with Crippen LogP contribution in [0.15, 0.2) is 11.6 Å². The van der Waals surface area contributed by atoms with Gasteiger partial charge < -0.3 is 5.32 Å². The van der Waals surface area contributed by atoms with E-state index >= 15 is 0 Å². The van der Waals surface area contributed by atoms with Gasteiger partial charge in [-0.05, 0) is 25.7 Å². The molecule has 3 atom stereocenters. The van der Waals surface area contributed by atoms with Gasteiger partial charge in [-0.15, -0.1) is 0 Å². The van der Waals surface area contributed by atoms with Crippen molar-refractivity contribution in [2.24, 2.45) is 11.8 Å². The maximum Gasteiger partial charge on any atom is 0.0250 e. The van der Waals surface area contributed by atoms with Crippen LogP contribution >= 0.6 is 0 Å². The summed E-state index contributed by atoms with van der Waals surface area (Å²) in [6.07, 6.45) is 3.64. The van der Waals surface area contributed by atoms with Gasteiger partial charge in [0.05, 0.1) is 0 Å². The van der Waals surface area contributed by atoms with Crippen LogP contribution in [0.5, 0.6) is 0 Å². The van der Waals surface area contributed by atoms with Crippen molar-refractivity contribution in [1.82, 2.24) is 10.2 Å². The van der Waals surface area contributed by atoms with Crippen molar-refractivity contribution in [2.45, 2.75) is 60.0 Å². The van der Waals surface area contributed by atoms with Gasteiger partial charge in [0.15, 0.2) is 0 Å². The van der Waals surface area contributed by atoms with Crippen LogP contribution in [0.3, 0.4) is 0 Å². The quantitative estimate of drug-likeness (QED) is 0.755. The summed E-state index contributed by atoms with van der Waals surface area (Å²) >= 11 is 0. The highest BCUT2D eigenvalue weighted by molar-refractivity contribution is 4.98. The molecule has 1 saturated heterocycles. The molecule has 0 aromatic heterocycles. The van der Waals surface area contributed by atoms with Gasteiger partial charge in [-0.2, -0.15) is 0 Å². The molecular weight excluding hydrogens is 220 g/mol. The van der Waals surface area contributed by atoms with Gasteiger partial charge >= 0.3 is 0 Å². The van der Waals surface area contributed by atoms with Gasteiger partial charge in [-0.25, -0.2) is 0 Å². The molecule has 0 spiro atoms. The SMILES string of the molecule is CCC(C)C1CNC(C(C)C)CN1CC=C(C)C. The Morgan fingerprint density at radius 3 is 2.50 bits per heavy atom. The molecule has 1 N–H and O–H groups in total. The van der Waals surface area contributed by atoms with Crippen LogP contribution in [0.1, 0.15) is 48.0 Å². The largest absolute Gasteiger partial charge is 0.311 e. The Labute approximate surface area is 114 Å². The predicted octanol–water partition coefficient (Wildman–Crippen LogP) is 3.30. The van der Waals surface area contributed by atoms with Crippen LogP contribution in [0.4, 0.5) is 0 Å². The summed E-state index contributed by atoms with van der Waals surface area (Å²) in [6, 6.07) is 1.34. The lowest BCUT2D eigenvalue weighted by molar-refractivity contribution is 0.0901. The maximum atomic E-state index is 3.74. The Kier molecular flexibility index (Phi) is 6.37. The van der Waals surface area contributed by atoms with Crippen LogP contribution in [-0.4, -0.2) is 36.6 Å². The molecule has 1 fully saturated rings. The molecule has 0 amide bonds. The standard InChI is InChI=1S/C16H32N2/c1-7-14(6)16-10-17-15(13(4)5)11-18(16)9-8-12(2)3/h8,13-17H,7,9-11H2,1-6H3. The van der Waals surface area contributed by atoms with E-state index in [-0.39, 0.29) is 0 Å². The number of nitrogens with zero attached hydrogens (tertiary/aromatic N) is 1. The van der Waals surface area contributed by atoms with E-state index in [0.29, 0.717) is 12.1 Å². The number of hydrogen-bond donors (Lipinski definition) is 1. The number of hydrogen-bond acceptors (Lipinski definition) is 2. The Balaban J connectivity index is 2.69. The van der Waals surface area contributed by atoms with E-state index in [0.717, 1.165) is 24.9 Å². The smallest absolute Gasteiger partial charge is 0.0250 e. The first-order valence-electron chi connectivity index (χ1n) is 7.56. The predicted molar refractivity (Wildman–Crippen MR) is 80.9 cm³/mol. The van der Waals surface area contributed by atoms with Crippen LogP contribution in [0, 0.1) is 11.8 Å². The molecule has 0 bridgehead atoms. The second kappa shape index (κ2) is 7.30. The number of rotatable bonds is 5. The minimum atomic E-state index is 0.649. The highest BCUT2D eigenvalue weighted by atomic mass is 15.2. The average Bonchev–Trinajstić information content (AvgIpc) is 2.34. The topological polar surface area (TPSA) is 15.3 Å². The number of nitrogens with one attached hydrogen (secondary N) is 1. The van der Waals surface area contributed by atoms with Gasteiger partial charge in [0.2, 0.25) is 0 Å². The summed E-state index contributed by atoms with van der Waals surface area (Å²) in [5.41, 5.74) is 1.43. The molecule has 0 aromatic carbocycles. The van der Waals surface area contributed by atoms with E-state index in [2.05, 4.69) is 57.8 Å². The maximum absolute atomic E-state index is 3.74. The summed E-state index contributed by atoms with van der Waals surface area (Å²) < 4.78 is 0. The highest BCUT2D eigenvalue weighted by Crippen LogP contribution is 2.20. The molecule has 1 aliphatic heterocycles. The van der Waals surface area contributed by atoms with Crippen molar-refractivity contribution in [3.05, 3.63) is 11.6 Å². The summed E-state index contributed by atoms with van der Waals surface area (Å²) in [5.74, 6) is 1.49. The highest BCUT2D eigenvalue weighted by Gasteiger charge is 2.31. The molecule has 1 aliphatic rings. The summed E-state index contributed by atoms with van der Waals surface area (Å²) in [6.45, 7) is 17.2. The van der Waals surface area contributed by atoms with Crippen LogP contribution in [0.25, 0.3) is 0 Å². The van der Waals surface area contributed by atoms with Crippen LogP contribution < -0.4 is 5.32 Å². The van der Waals surface area contributed by atoms with Gasteiger partial charge in [0.25, 0.3) is 0 Å². The molecule has 2 nitrogen and oxygen atoms in total. The minimum Gasteiger partial charge on any atom is -0.311 e. The van der Waals surface area contributed by atoms with Crippen molar-refractivity contribution in [3.8, 4) is 0 Å². The number of allylic oxidation sites excluding steroid dienone is 1. The van der Waals surface area contributed by atoms with Crippen LogP contribution in [-0.2, 0) is 0 Å². The fourth-order valence-corrected chi connectivity index (χ4v) is 2.64. The normalized spacial score (nSPS) is 27.3. The van der Waals surface area contributed by atoms with Gasteiger partial charge in [0.1, 0.15) is 0 Å².